The molecule has 3 heterocycles. The highest BCUT2D eigenvalue weighted by Crippen LogP contribution is 2.25. The average molecular weight is 284 g/mol. The first-order chi connectivity index (χ1) is 10.4. The number of fused-ring (bicyclic) bond motifs is 1. The Balaban J connectivity index is 0.000000774. The van der Waals surface area contributed by atoms with Crippen LogP contribution in [0.15, 0.2) is 23.7 Å². The quantitative estimate of drug-likeness (QED) is 0.939. The van der Waals surface area contributed by atoms with Crippen LogP contribution in [0.1, 0.15) is 38.3 Å². The Morgan fingerprint density at radius 1 is 1.43 bits per heavy atom. The van der Waals surface area contributed by atoms with E-state index in [0.717, 1.165) is 29.7 Å². The molecule has 0 saturated heterocycles. The predicted molar refractivity (Wildman–Crippen MR) is 82.9 cm³/mol. The molecule has 0 radical (unpaired) electrons. The zero-order valence-corrected chi connectivity index (χ0v) is 12.5. The lowest BCUT2D eigenvalue weighted by Gasteiger charge is -2.25. The molecule has 0 bridgehead atoms. The van der Waals surface area contributed by atoms with E-state index >= 15 is 0 Å². The maximum atomic E-state index is 8.57. The number of hydrogen-bond acceptors (Lipinski definition) is 5. The predicted octanol–water partition coefficient (Wildman–Crippen LogP) is 2.67. The minimum Gasteiger partial charge on any atom is -0.346 e. The summed E-state index contributed by atoms with van der Waals surface area (Å²) in [5.74, 6) is 0.222. The third kappa shape index (κ3) is 3.37. The Labute approximate surface area is 124 Å². The summed E-state index contributed by atoms with van der Waals surface area (Å²) in [6, 6.07) is 4.14. The van der Waals surface area contributed by atoms with E-state index in [1.807, 2.05) is 37.3 Å². The number of nitrogens with one attached hydrogen (secondary N) is 1. The third-order valence-corrected chi connectivity index (χ3v) is 3.33. The summed E-state index contributed by atoms with van der Waals surface area (Å²) >= 11 is 0. The van der Waals surface area contributed by atoms with Gasteiger partial charge in [-0.15, -0.1) is 0 Å². The number of H-pyrrole nitrogens is 1. The van der Waals surface area contributed by atoms with Gasteiger partial charge in [0.1, 0.15) is 12.0 Å². The van der Waals surface area contributed by atoms with Crippen molar-refractivity contribution in [3.63, 3.8) is 0 Å². The van der Waals surface area contributed by atoms with E-state index in [0.29, 0.717) is 13.0 Å². The number of nitrogens with zero attached hydrogens (tertiary/aromatic N) is 5. The normalized spacial score (nSPS) is 17.2. The number of hydrazone groups is 1. The summed E-state index contributed by atoms with van der Waals surface area (Å²) in [5, 5.41) is 16.0. The molecule has 1 aliphatic heterocycles. The van der Waals surface area contributed by atoms with Crippen LogP contribution in [-0.4, -0.2) is 39.3 Å². The highest BCUT2D eigenvalue weighted by Gasteiger charge is 2.19. The number of aromatic amines is 1. The van der Waals surface area contributed by atoms with Crippen molar-refractivity contribution in [1.29, 1.82) is 5.26 Å². The van der Waals surface area contributed by atoms with Crippen LogP contribution in [0.4, 0.5) is 0 Å². The van der Waals surface area contributed by atoms with Gasteiger partial charge >= 0.3 is 0 Å². The fourth-order valence-corrected chi connectivity index (χ4v) is 2.34. The standard InChI is InChI=1S/C13H14N6.C2H6/c14-4-1-6-19-7-3-10(8-18-19)12-11-2-5-15-13(11)17-9-16-12;1-2/h2,5,8-10H,1,3,6-7H2,(H,15,16,17);1-2H3. The van der Waals surface area contributed by atoms with Gasteiger partial charge in [-0.2, -0.15) is 10.4 Å². The molecule has 0 aromatic carbocycles. The zero-order chi connectivity index (χ0) is 15.1. The maximum absolute atomic E-state index is 8.57. The molecule has 0 amide bonds. The van der Waals surface area contributed by atoms with Crippen LogP contribution >= 0.6 is 0 Å². The van der Waals surface area contributed by atoms with Crippen LogP contribution in [0.2, 0.25) is 0 Å². The second-order valence-corrected chi connectivity index (χ2v) is 4.52. The first kappa shape index (κ1) is 15.0. The molecule has 1 atom stereocenters. The first-order valence-electron chi connectivity index (χ1n) is 7.32. The number of aromatic nitrogens is 3. The summed E-state index contributed by atoms with van der Waals surface area (Å²) in [6.45, 7) is 5.56. The van der Waals surface area contributed by atoms with Crippen LogP contribution in [0.3, 0.4) is 0 Å². The van der Waals surface area contributed by atoms with Crippen molar-refractivity contribution < 1.29 is 0 Å². The molecule has 3 rings (SSSR count). The second kappa shape index (κ2) is 7.39. The Bertz CT molecular complexity index is 639. The highest BCUT2D eigenvalue weighted by molar-refractivity contribution is 5.83. The van der Waals surface area contributed by atoms with Crippen LogP contribution in [0.5, 0.6) is 0 Å². The molecular weight excluding hydrogens is 264 g/mol. The average Bonchev–Trinajstić information content (AvgIpc) is 3.04. The molecule has 0 spiro atoms. The Hall–Kier alpha value is -2.42. The van der Waals surface area contributed by atoms with Gasteiger partial charge in [-0.3, -0.25) is 5.01 Å². The van der Waals surface area contributed by atoms with Crippen LogP contribution in [0, 0.1) is 11.3 Å². The molecule has 1 N–H and O–H groups in total. The fraction of sp³-hybridized carbons (Fsp3) is 0.467. The van der Waals surface area contributed by atoms with E-state index in [9.17, 15) is 0 Å². The van der Waals surface area contributed by atoms with Gasteiger partial charge in [0.05, 0.1) is 18.2 Å². The van der Waals surface area contributed by atoms with Gasteiger partial charge in [0.15, 0.2) is 0 Å². The highest BCUT2D eigenvalue weighted by atomic mass is 15.4. The molecule has 110 valence electrons. The Morgan fingerprint density at radius 2 is 2.29 bits per heavy atom. The van der Waals surface area contributed by atoms with Crippen LogP contribution in [-0.2, 0) is 0 Å². The minimum atomic E-state index is 0.222. The summed E-state index contributed by atoms with van der Waals surface area (Å²) in [4.78, 5) is 11.7. The van der Waals surface area contributed by atoms with Gasteiger partial charge < -0.3 is 4.98 Å². The zero-order valence-electron chi connectivity index (χ0n) is 12.5. The summed E-state index contributed by atoms with van der Waals surface area (Å²) in [7, 11) is 0. The van der Waals surface area contributed by atoms with E-state index in [2.05, 4.69) is 26.1 Å². The van der Waals surface area contributed by atoms with Crippen molar-refractivity contribution in [2.45, 2.75) is 32.6 Å². The smallest absolute Gasteiger partial charge is 0.140 e. The molecule has 2 aromatic rings. The molecule has 0 aliphatic carbocycles. The van der Waals surface area contributed by atoms with E-state index < -0.39 is 0 Å². The van der Waals surface area contributed by atoms with Crippen molar-refractivity contribution >= 4 is 17.2 Å². The van der Waals surface area contributed by atoms with E-state index in [4.69, 9.17) is 5.26 Å². The monoisotopic (exact) mass is 284 g/mol. The maximum Gasteiger partial charge on any atom is 0.140 e. The minimum absolute atomic E-state index is 0.222. The lowest BCUT2D eigenvalue weighted by molar-refractivity contribution is 0.275. The molecule has 0 saturated carbocycles. The van der Waals surface area contributed by atoms with Crippen molar-refractivity contribution in [3.05, 3.63) is 24.3 Å². The number of hydrogen-bond donors (Lipinski definition) is 1. The summed E-state index contributed by atoms with van der Waals surface area (Å²) in [6.07, 6.45) is 6.87. The van der Waals surface area contributed by atoms with Crippen LogP contribution < -0.4 is 0 Å². The number of nitriles is 1. The lowest BCUT2D eigenvalue weighted by Crippen LogP contribution is -2.27. The molecule has 0 fully saturated rings. The number of rotatable bonds is 3. The molecule has 21 heavy (non-hydrogen) atoms. The van der Waals surface area contributed by atoms with Gasteiger partial charge in [0.25, 0.3) is 0 Å². The molecule has 2 aromatic heterocycles. The van der Waals surface area contributed by atoms with Crippen molar-refractivity contribution in [3.8, 4) is 6.07 Å². The van der Waals surface area contributed by atoms with E-state index in [1.54, 1.807) is 6.33 Å². The first-order valence-corrected chi connectivity index (χ1v) is 7.32. The van der Waals surface area contributed by atoms with E-state index in [-0.39, 0.29) is 5.92 Å². The summed E-state index contributed by atoms with van der Waals surface area (Å²) < 4.78 is 0. The van der Waals surface area contributed by atoms with Gasteiger partial charge in [0.2, 0.25) is 0 Å². The van der Waals surface area contributed by atoms with Crippen molar-refractivity contribution in [2.75, 3.05) is 13.1 Å². The van der Waals surface area contributed by atoms with Gasteiger partial charge in [-0.1, -0.05) is 13.8 Å². The molecule has 1 aliphatic rings. The fourth-order valence-electron chi connectivity index (χ4n) is 2.34. The van der Waals surface area contributed by atoms with Gasteiger partial charge in [-0.05, 0) is 12.5 Å². The largest absolute Gasteiger partial charge is 0.346 e. The molecule has 6 heteroatoms. The Morgan fingerprint density at radius 3 is 3.00 bits per heavy atom. The molecular formula is C15H20N6. The molecule has 1 unspecified atom stereocenters. The SMILES string of the molecule is CC.N#CCCN1CCC(c2ncnc3[nH]ccc23)C=N1. The molecule has 6 nitrogen and oxygen atoms in total. The second-order valence-electron chi connectivity index (χ2n) is 4.52. The third-order valence-electron chi connectivity index (χ3n) is 3.33. The van der Waals surface area contributed by atoms with Gasteiger partial charge in [-0.25, -0.2) is 9.97 Å². The Kier molecular flexibility index (Phi) is 5.27. The van der Waals surface area contributed by atoms with Crippen LogP contribution in [0.25, 0.3) is 11.0 Å². The summed E-state index contributed by atoms with van der Waals surface area (Å²) in [5.41, 5.74) is 1.89. The van der Waals surface area contributed by atoms with E-state index in [1.165, 1.54) is 0 Å². The van der Waals surface area contributed by atoms with Gasteiger partial charge in [0, 0.05) is 36.8 Å². The van der Waals surface area contributed by atoms with Crippen molar-refractivity contribution in [1.82, 2.24) is 20.0 Å². The lowest BCUT2D eigenvalue weighted by atomic mass is 9.99. The topological polar surface area (TPSA) is 81.0 Å². The van der Waals surface area contributed by atoms with Crippen molar-refractivity contribution in [2.24, 2.45) is 5.10 Å².